The predicted octanol–water partition coefficient (Wildman–Crippen LogP) is 1.64. The van der Waals surface area contributed by atoms with Gasteiger partial charge >= 0.3 is 5.00 Å². The van der Waals surface area contributed by atoms with E-state index >= 15 is 0 Å². The lowest BCUT2D eigenvalue weighted by atomic mass is 10.1. The number of morpholine rings is 1. The van der Waals surface area contributed by atoms with Crippen LogP contribution in [-0.2, 0) is 4.74 Å². The molecule has 1 aromatic rings. The first kappa shape index (κ1) is 14.4. The van der Waals surface area contributed by atoms with Crippen molar-refractivity contribution in [3.8, 4) is 0 Å². The van der Waals surface area contributed by atoms with Crippen LogP contribution in [0.4, 0.5) is 5.00 Å². The standard InChI is InChI=1S/C12H19N3O3S/c1-3-13-8-9-12(14(2)6-7-18-9)10-4-5-11(19-10)15(16)17/h4-5,9,12-13H,3,6-8H2,1-2H3. The molecule has 7 heteroatoms. The third-order valence-corrected chi connectivity index (χ3v) is 4.39. The number of likely N-dealkylation sites (N-methyl/N-ethyl adjacent to an activating group) is 2. The molecule has 1 fully saturated rings. The molecule has 106 valence electrons. The Balaban J connectivity index is 2.17. The first-order chi connectivity index (χ1) is 9.13. The van der Waals surface area contributed by atoms with Gasteiger partial charge in [-0.1, -0.05) is 18.3 Å². The van der Waals surface area contributed by atoms with Crippen LogP contribution in [0, 0.1) is 10.1 Å². The van der Waals surface area contributed by atoms with Crippen molar-refractivity contribution in [2.75, 3.05) is 33.3 Å². The van der Waals surface area contributed by atoms with Crippen molar-refractivity contribution in [1.29, 1.82) is 0 Å². The molecular weight excluding hydrogens is 266 g/mol. The zero-order chi connectivity index (χ0) is 13.8. The zero-order valence-electron chi connectivity index (χ0n) is 11.2. The molecule has 0 aromatic carbocycles. The van der Waals surface area contributed by atoms with Crippen molar-refractivity contribution in [1.82, 2.24) is 10.2 Å². The summed E-state index contributed by atoms with van der Waals surface area (Å²) in [5.41, 5.74) is 0. The molecule has 2 unspecified atom stereocenters. The van der Waals surface area contributed by atoms with Gasteiger partial charge in [0.1, 0.15) is 0 Å². The highest BCUT2D eigenvalue weighted by molar-refractivity contribution is 7.15. The highest BCUT2D eigenvalue weighted by Gasteiger charge is 2.33. The van der Waals surface area contributed by atoms with E-state index in [0.717, 1.165) is 24.5 Å². The van der Waals surface area contributed by atoms with Gasteiger partial charge in [0, 0.05) is 24.0 Å². The largest absolute Gasteiger partial charge is 0.374 e. The molecule has 1 aromatic heterocycles. The van der Waals surface area contributed by atoms with Crippen LogP contribution in [0.15, 0.2) is 12.1 Å². The molecule has 1 saturated heterocycles. The van der Waals surface area contributed by atoms with Crippen molar-refractivity contribution in [2.45, 2.75) is 19.1 Å². The maximum Gasteiger partial charge on any atom is 0.324 e. The summed E-state index contributed by atoms with van der Waals surface area (Å²) in [4.78, 5) is 13.7. The lowest BCUT2D eigenvalue weighted by molar-refractivity contribution is -0.380. The molecule has 0 aliphatic carbocycles. The number of nitrogens with one attached hydrogen (secondary N) is 1. The summed E-state index contributed by atoms with van der Waals surface area (Å²) in [5.74, 6) is 0. The Labute approximate surface area is 116 Å². The summed E-state index contributed by atoms with van der Waals surface area (Å²) in [6, 6.07) is 3.51. The van der Waals surface area contributed by atoms with Crippen LogP contribution in [0.1, 0.15) is 17.8 Å². The first-order valence-electron chi connectivity index (χ1n) is 6.40. The molecule has 1 aliphatic rings. The number of hydrogen-bond acceptors (Lipinski definition) is 6. The highest BCUT2D eigenvalue weighted by Crippen LogP contribution is 2.35. The van der Waals surface area contributed by atoms with E-state index < -0.39 is 0 Å². The van der Waals surface area contributed by atoms with Gasteiger partial charge in [0.2, 0.25) is 0 Å². The second kappa shape index (κ2) is 6.42. The Morgan fingerprint density at radius 2 is 2.42 bits per heavy atom. The molecule has 2 heterocycles. The Morgan fingerprint density at radius 1 is 1.63 bits per heavy atom. The number of hydrogen-bond donors (Lipinski definition) is 1. The Hall–Kier alpha value is -1.02. The monoisotopic (exact) mass is 285 g/mol. The lowest BCUT2D eigenvalue weighted by Crippen LogP contribution is -2.47. The van der Waals surface area contributed by atoms with Crippen LogP contribution in [0.25, 0.3) is 0 Å². The molecule has 19 heavy (non-hydrogen) atoms. The highest BCUT2D eigenvalue weighted by atomic mass is 32.1. The number of nitrogens with zero attached hydrogens (tertiary/aromatic N) is 2. The number of rotatable bonds is 5. The van der Waals surface area contributed by atoms with E-state index in [-0.39, 0.29) is 22.1 Å². The van der Waals surface area contributed by atoms with Gasteiger partial charge < -0.3 is 10.1 Å². The lowest BCUT2D eigenvalue weighted by Gasteiger charge is -2.38. The average Bonchev–Trinajstić information content (AvgIpc) is 2.85. The fraction of sp³-hybridized carbons (Fsp3) is 0.667. The normalized spacial score (nSPS) is 24.5. The molecule has 0 bridgehead atoms. The van der Waals surface area contributed by atoms with Crippen LogP contribution in [0.5, 0.6) is 0 Å². The van der Waals surface area contributed by atoms with Gasteiger partial charge in [0.05, 0.1) is 23.7 Å². The Morgan fingerprint density at radius 3 is 3.05 bits per heavy atom. The van der Waals surface area contributed by atoms with Crippen molar-refractivity contribution in [2.24, 2.45) is 0 Å². The smallest absolute Gasteiger partial charge is 0.324 e. The van der Waals surface area contributed by atoms with Crippen LogP contribution in [0.3, 0.4) is 0 Å². The molecule has 6 nitrogen and oxygen atoms in total. The van der Waals surface area contributed by atoms with Crippen LogP contribution >= 0.6 is 11.3 Å². The molecule has 0 saturated carbocycles. The second-order valence-corrected chi connectivity index (χ2v) is 5.67. The predicted molar refractivity (Wildman–Crippen MR) is 74.6 cm³/mol. The quantitative estimate of drug-likeness (QED) is 0.658. The second-order valence-electron chi connectivity index (χ2n) is 4.58. The molecule has 1 N–H and O–H groups in total. The van der Waals surface area contributed by atoms with Gasteiger partial charge in [-0.25, -0.2) is 0 Å². The van der Waals surface area contributed by atoms with Gasteiger partial charge in [-0.2, -0.15) is 0 Å². The minimum atomic E-state index is -0.336. The van der Waals surface area contributed by atoms with Crippen molar-refractivity contribution < 1.29 is 9.66 Å². The minimum absolute atomic E-state index is 0.0388. The summed E-state index contributed by atoms with van der Waals surface area (Å²) in [6.45, 7) is 5.26. The molecular formula is C12H19N3O3S. The number of ether oxygens (including phenoxy) is 1. The molecule has 0 amide bonds. The van der Waals surface area contributed by atoms with E-state index in [1.165, 1.54) is 11.3 Å². The minimum Gasteiger partial charge on any atom is -0.374 e. The topological polar surface area (TPSA) is 67.6 Å². The van der Waals surface area contributed by atoms with Crippen LogP contribution < -0.4 is 5.32 Å². The van der Waals surface area contributed by atoms with Crippen LogP contribution in [-0.4, -0.2) is 49.2 Å². The van der Waals surface area contributed by atoms with Gasteiger partial charge in [-0.3, -0.25) is 15.0 Å². The SMILES string of the molecule is CCNCC1OCCN(C)C1c1ccc([N+](=O)[O-])s1. The Bertz CT molecular complexity index is 438. The maximum atomic E-state index is 10.8. The van der Waals surface area contributed by atoms with E-state index in [4.69, 9.17) is 4.74 Å². The maximum absolute atomic E-state index is 10.8. The zero-order valence-corrected chi connectivity index (χ0v) is 12.0. The molecule has 2 atom stereocenters. The summed E-state index contributed by atoms with van der Waals surface area (Å²) < 4.78 is 5.82. The number of thiophene rings is 1. The Kier molecular flexibility index (Phi) is 4.87. The molecule has 0 spiro atoms. The van der Waals surface area contributed by atoms with E-state index in [2.05, 4.69) is 17.1 Å². The van der Waals surface area contributed by atoms with Gasteiger partial charge in [0.25, 0.3) is 0 Å². The molecule has 0 radical (unpaired) electrons. The third-order valence-electron chi connectivity index (χ3n) is 3.28. The average molecular weight is 285 g/mol. The number of nitro groups is 1. The van der Waals surface area contributed by atoms with Gasteiger partial charge in [-0.15, -0.1) is 0 Å². The fourth-order valence-corrected chi connectivity index (χ4v) is 3.36. The summed E-state index contributed by atoms with van der Waals surface area (Å²) in [6.07, 6.45) is 0.0388. The van der Waals surface area contributed by atoms with Gasteiger partial charge in [-0.05, 0) is 19.7 Å². The fourth-order valence-electron chi connectivity index (χ4n) is 2.32. The van der Waals surface area contributed by atoms with Crippen molar-refractivity contribution in [3.63, 3.8) is 0 Å². The van der Waals surface area contributed by atoms with E-state index in [1.807, 2.05) is 13.1 Å². The summed E-state index contributed by atoms with van der Waals surface area (Å²) in [7, 11) is 2.04. The van der Waals surface area contributed by atoms with E-state index in [0.29, 0.717) is 6.61 Å². The summed E-state index contributed by atoms with van der Waals surface area (Å²) >= 11 is 1.24. The van der Waals surface area contributed by atoms with E-state index in [9.17, 15) is 10.1 Å². The van der Waals surface area contributed by atoms with Gasteiger partial charge in [0.15, 0.2) is 0 Å². The van der Waals surface area contributed by atoms with Crippen molar-refractivity contribution in [3.05, 3.63) is 27.1 Å². The van der Waals surface area contributed by atoms with Crippen molar-refractivity contribution >= 4 is 16.3 Å². The third kappa shape index (κ3) is 3.30. The van der Waals surface area contributed by atoms with E-state index in [1.54, 1.807) is 6.07 Å². The molecule has 1 aliphatic heterocycles. The summed E-state index contributed by atoms with van der Waals surface area (Å²) in [5, 5.41) is 14.3. The van der Waals surface area contributed by atoms with Crippen LogP contribution in [0.2, 0.25) is 0 Å². The first-order valence-corrected chi connectivity index (χ1v) is 7.21. The molecule has 2 rings (SSSR count).